The number of methoxy groups -OCH3 is 3. The third-order valence-corrected chi connectivity index (χ3v) is 7.76. The van der Waals surface area contributed by atoms with Gasteiger partial charge < -0.3 is 18.9 Å². The summed E-state index contributed by atoms with van der Waals surface area (Å²) >= 11 is 2.87. The Bertz CT molecular complexity index is 1570. The zero-order valence-corrected chi connectivity index (χ0v) is 24.0. The molecule has 0 saturated carbocycles. The molecule has 3 aromatic rings. The second-order valence-corrected chi connectivity index (χ2v) is 10.6. The van der Waals surface area contributed by atoms with E-state index in [1.165, 1.54) is 25.6 Å². The number of nitrogens with zero attached hydrogens (tertiary/aromatic N) is 2. The molecule has 38 heavy (non-hydrogen) atoms. The van der Waals surface area contributed by atoms with Crippen LogP contribution in [0.25, 0.3) is 6.08 Å². The molecule has 0 amide bonds. The SMILES string of the molecule is COc1ccc(/C=c2/sc3n(c2=O)[C@H](c2ccc(SC)cc2)C(C(=O)OC(C)C)=C(C)N=3)c(OC)c1OC. The maximum Gasteiger partial charge on any atom is 0.338 e. The molecule has 1 aromatic heterocycles. The summed E-state index contributed by atoms with van der Waals surface area (Å²) in [6, 6.07) is 10.7. The third-order valence-electron chi connectivity index (χ3n) is 6.04. The van der Waals surface area contributed by atoms with Crippen LogP contribution in [0.15, 0.2) is 62.4 Å². The highest BCUT2D eigenvalue weighted by Gasteiger charge is 2.33. The second-order valence-electron chi connectivity index (χ2n) is 8.73. The number of hydrogen-bond acceptors (Lipinski definition) is 9. The topological polar surface area (TPSA) is 88.4 Å². The zero-order chi connectivity index (χ0) is 27.6. The van der Waals surface area contributed by atoms with E-state index in [1.807, 2.05) is 30.5 Å². The van der Waals surface area contributed by atoms with Crippen molar-refractivity contribution in [2.75, 3.05) is 27.6 Å². The lowest BCUT2D eigenvalue weighted by Crippen LogP contribution is -2.40. The molecule has 0 radical (unpaired) electrons. The molecule has 0 aliphatic carbocycles. The maximum absolute atomic E-state index is 13.9. The molecule has 1 atom stereocenters. The minimum atomic E-state index is -0.678. The molecule has 0 bridgehead atoms. The first-order valence-corrected chi connectivity index (χ1v) is 13.9. The molecule has 10 heteroatoms. The van der Waals surface area contributed by atoms with Gasteiger partial charge in [-0.3, -0.25) is 9.36 Å². The summed E-state index contributed by atoms with van der Waals surface area (Å²) in [7, 11) is 4.61. The number of thioether (sulfide) groups is 1. The Kier molecular flexibility index (Phi) is 8.32. The normalized spacial score (nSPS) is 15.3. The maximum atomic E-state index is 13.9. The number of rotatable bonds is 8. The van der Waals surface area contributed by atoms with Crippen LogP contribution in [0.3, 0.4) is 0 Å². The number of benzene rings is 2. The summed E-state index contributed by atoms with van der Waals surface area (Å²) in [5.41, 5.74) is 2.03. The van der Waals surface area contributed by atoms with E-state index in [4.69, 9.17) is 18.9 Å². The van der Waals surface area contributed by atoms with Crippen LogP contribution in [0.4, 0.5) is 0 Å². The van der Waals surface area contributed by atoms with Crippen LogP contribution < -0.4 is 29.1 Å². The molecule has 1 aliphatic heterocycles. The van der Waals surface area contributed by atoms with Crippen LogP contribution in [0.2, 0.25) is 0 Å². The molecular formula is C28H30N2O6S2. The average molecular weight is 555 g/mol. The predicted molar refractivity (Wildman–Crippen MR) is 149 cm³/mol. The number of ether oxygens (including phenoxy) is 4. The van der Waals surface area contributed by atoms with Crippen LogP contribution in [0.5, 0.6) is 17.2 Å². The van der Waals surface area contributed by atoms with Crippen molar-refractivity contribution in [1.82, 2.24) is 4.57 Å². The van der Waals surface area contributed by atoms with Gasteiger partial charge in [0, 0.05) is 10.5 Å². The third kappa shape index (κ3) is 5.10. The van der Waals surface area contributed by atoms with Gasteiger partial charge in [-0.25, -0.2) is 9.79 Å². The summed E-state index contributed by atoms with van der Waals surface area (Å²) in [5, 5.41) is 0. The molecular weight excluding hydrogens is 524 g/mol. The van der Waals surface area contributed by atoms with Crippen LogP contribution in [-0.4, -0.2) is 44.2 Å². The molecule has 2 aromatic carbocycles. The number of thiazole rings is 1. The van der Waals surface area contributed by atoms with Gasteiger partial charge in [-0.05, 0) is 62.9 Å². The number of hydrogen-bond donors (Lipinski definition) is 0. The highest BCUT2D eigenvalue weighted by Crippen LogP contribution is 2.40. The molecule has 2 heterocycles. The lowest BCUT2D eigenvalue weighted by molar-refractivity contribution is -0.143. The summed E-state index contributed by atoms with van der Waals surface area (Å²) < 4.78 is 24.1. The summed E-state index contributed by atoms with van der Waals surface area (Å²) in [6.45, 7) is 5.36. The van der Waals surface area contributed by atoms with Crippen LogP contribution in [-0.2, 0) is 9.53 Å². The van der Waals surface area contributed by atoms with E-state index in [1.54, 1.807) is 62.4 Å². The van der Waals surface area contributed by atoms with E-state index in [0.717, 1.165) is 10.5 Å². The second kappa shape index (κ2) is 11.5. The largest absolute Gasteiger partial charge is 0.493 e. The minimum absolute atomic E-state index is 0.271. The van der Waals surface area contributed by atoms with E-state index in [9.17, 15) is 9.59 Å². The van der Waals surface area contributed by atoms with Crippen molar-refractivity contribution in [3.8, 4) is 17.2 Å². The van der Waals surface area contributed by atoms with Crippen LogP contribution >= 0.6 is 23.1 Å². The van der Waals surface area contributed by atoms with Crippen molar-refractivity contribution in [3.05, 3.63) is 78.5 Å². The molecule has 0 saturated heterocycles. The van der Waals surface area contributed by atoms with Crippen molar-refractivity contribution < 1.29 is 23.7 Å². The Labute approximate surface area is 229 Å². The fraction of sp³-hybridized carbons (Fsp3) is 0.321. The molecule has 1 aliphatic rings. The monoisotopic (exact) mass is 554 g/mol. The molecule has 4 rings (SSSR count). The Morgan fingerprint density at radius 1 is 1.05 bits per heavy atom. The lowest BCUT2D eigenvalue weighted by Gasteiger charge is -2.25. The van der Waals surface area contributed by atoms with Gasteiger partial charge in [-0.2, -0.15) is 0 Å². The van der Waals surface area contributed by atoms with Crippen molar-refractivity contribution in [2.45, 2.75) is 37.8 Å². The summed E-state index contributed by atoms with van der Waals surface area (Å²) in [5.74, 6) is 0.897. The minimum Gasteiger partial charge on any atom is -0.493 e. The lowest BCUT2D eigenvalue weighted by atomic mass is 9.96. The highest BCUT2D eigenvalue weighted by molar-refractivity contribution is 7.98. The van der Waals surface area contributed by atoms with Gasteiger partial charge in [-0.15, -0.1) is 11.8 Å². The van der Waals surface area contributed by atoms with Gasteiger partial charge in [0.1, 0.15) is 0 Å². The molecule has 200 valence electrons. The molecule has 0 spiro atoms. The van der Waals surface area contributed by atoms with Crippen molar-refractivity contribution in [1.29, 1.82) is 0 Å². The highest BCUT2D eigenvalue weighted by atomic mass is 32.2. The molecule has 0 fully saturated rings. The zero-order valence-electron chi connectivity index (χ0n) is 22.4. The number of esters is 1. The standard InChI is InChI=1S/C28H30N2O6S2/c1-15(2)36-27(32)22-16(3)29-28-30(23(22)17-8-11-19(37-7)12-9-17)26(31)21(38-28)14-18-10-13-20(33-4)25(35-6)24(18)34-5/h8-15,23H,1-7H3/b21-14+/t23-/m1/s1. The van der Waals surface area contributed by atoms with Gasteiger partial charge in [0.05, 0.1) is 49.3 Å². The molecule has 8 nitrogen and oxygen atoms in total. The quantitative estimate of drug-likeness (QED) is 0.308. The number of fused-ring (bicyclic) bond motifs is 1. The van der Waals surface area contributed by atoms with E-state index >= 15 is 0 Å². The van der Waals surface area contributed by atoms with Crippen LogP contribution in [0.1, 0.15) is 37.9 Å². The Balaban J connectivity index is 1.95. The Hall–Kier alpha value is -3.50. The molecule has 0 N–H and O–H groups in total. The predicted octanol–water partition coefficient (Wildman–Crippen LogP) is 3.93. The first kappa shape index (κ1) is 27.5. The fourth-order valence-corrected chi connectivity index (χ4v) is 5.79. The Morgan fingerprint density at radius 2 is 1.74 bits per heavy atom. The number of allylic oxidation sites excluding steroid dienone is 1. The summed E-state index contributed by atoms with van der Waals surface area (Å²) in [6.07, 6.45) is 3.42. The molecule has 0 unspecified atom stereocenters. The first-order chi connectivity index (χ1) is 18.2. The van der Waals surface area contributed by atoms with Gasteiger partial charge in [0.2, 0.25) is 5.75 Å². The van der Waals surface area contributed by atoms with Crippen LogP contribution in [0, 0.1) is 0 Å². The first-order valence-electron chi connectivity index (χ1n) is 11.9. The number of carbonyl (C=O) groups excluding carboxylic acids is 1. The van der Waals surface area contributed by atoms with E-state index in [2.05, 4.69) is 4.99 Å². The van der Waals surface area contributed by atoms with Crippen molar-refractivity contribution in [2.24, 2.45) is 4.99 Å². The van der Waals surface area contributed by atoms with E-state index < -0.39 is 12.0 Å². The van der Waals surface area contributed by atoms with Gasteiger partial charge in [-0.1, -0.05) is 23.5 Å². The van der Waals surface area contributed by atoms with Gasteiger partial charge in [0.25, 0.3) is 5.56 Å². The van der Waals surface area contributed by atoms with Gasteiger partial charge in [0.15, 0.2) is 16.3 Å². The van der Waals surface area contributed by atoms with E-state index in [-0.39, 0.29) is 11.7 Å². The average Bonchev–Trinajstić information content (AvgIpc) is 3.21. The Morgan fingerprint density at radius 3 is 2.32 bits per heavy atom. The van der Waals surface area contributed by atoms with Crippen molar-refractivity contribution >= 4 is 35.1 Å². The van der Waals surface area contributed by atoms with Gasteiger partial charge >= 0.3 is 5.97 Å². The smallest absolute Gasteiger partial charge is 0.338 e. The van der Waals surface area contributed by atoms with E-state index in [0.29, 0.717) is 43.4 Å². The fourth-order valence-electron chi connectivity index (χ4n) is 4.34. The summed E-state index contributed by atoms with van der Waals surface area (Å²) in [4.78, 5) is 33.4. The number of aromatic nitrogens is 1. The number of carbonyl (C=O) groups is 1. The van der Waals surface area contributed by atoms with Crippen molar-refractivity contribution in [3.63, 3.8) is 0 Å².